The minimum absolute atomic E-state index is 0.0649. The topological polar surface area (TPSA) is 33.2 Å². The third-order valence-corrected chi connectivity index (χ3v) is 4.74. The predicted molar refractivity (Wildman–Crippen MR) is 81.0 cm³/mol. The molecule has 0 spiro atoms. The zero-order chi connectivity index (χ0) is 14.8. The van der Waals surface area contributed by atoms with Crippen LogP contribution in [0.25, 0.3) is 0 Å². The Balaban J connectivity index is 1.62. The second kappa shape index (κ2) is 5.93. The van der Waals surface area contributed by atoms with Gasteiger partial charge in [0.05, 0.1) is 11.7 Å². The van der Waals surface area contributed by atoms with Crippen LogP contribution in [0, 0.1) is 18.7 Å². The van der Waals surface area contributed by atoms with Crippen molar-refractivity contribution in [2.24, 2.45) is 5.92 Å². The highest BCUT2D eigenvalue weighted by molar-refractivity contribution is 7.11. The van der Waals surface area contributed by atoms with Crippen LogP contribution < -0.4 is 0 Å². The Labute approximate surface area is 127 Å². The second-order valence-electron chi connectivity index (χ2n) is 5.56. The average molecular weight is 304 g/mol. The van der Waals surface area contributed by atoms with E-state index in [0.29, 0.717) is 16.4 Å². The average Bonchev–Trinajstić information content (AvgIpc) is 3.13. The van der Waals surface area contributed by atoms with Gasteiger partial charge in [-0.3, -0.25) is 9.78 Å². The van der Waals surface area contributed by atoms with Gasteiger partial charge in [-0.2, -0.15) is 0 Å². The molecule has 0 bridgehead atoms. The SMILES string of the molecule is Cc1ccc(CC2CCN(C(=O)c3cncs3)C2)cc1F. The van der Waals surface area contributed by atoms with E-state index in [2.05, 4.69) is 4.98 Å². The van der Waals surface area contributed by atoms with Gasteiger partial charge in [-0.05, 0) is 42.9 Å². The number of hydrogen-bond acceptors (Lipinski definition) is 3. The number of rotatable bonds is 3. The normalized spacial score (nSPS) is 18.2. The molecule has 1 unspecified atom stereocenters. The van der Waals surface area contributed by atoms with Crippen LogP contribution in [0.2, 0.25) is 0 Å². The quantitative estimate of drug-likeness (QED) is 0.872. The Kier molecular flexibility index (Phi) is 4.01. The van der Waals surface area contributed by atoms with Gasteiger partial charge < -0.3 is 4.90 Å². The third-order valence-electron chi connectivity index (χ3n) is 3.98. The van der Waals surface area contributed by atoms with Crippen LogP contribution in [0.3, 0.4) is 0 Å². The molecule has 1 aromatic heterocycles. The van der Waals surface area contributed by atoms with Gasteiger partial charge in [0.1, 0.15) is 10.7 Å². The zero-order valence-electron chi connectivity index (χ0n) is 11.9. The van der Waals surface area contributed by atoms with E-state index in [4.69, 9.17) is 0 Å². The molecule has 2 aromatic rings. The summed E-state index contributed by atoms with van der Waals surface area (Å²) in [7, 11) is 0. The Morgan fingerprint density at radius 3 is 3.10 bits per heavy atom. The van der Waals surface area contributed by atoms with E-state index in [1.807, 2.05) is 17.0 Å². The molecule has 1 aliphatic rings. The fourth-order valence-corrected chi connectivity index (χ4v) is 3.34. The molecule has 110 valence electrons. The van der Waals surface area contributed by atoms with Gasteiger partial charge in [-0.25, -0.2) is 4.39 Å². The Morgan fingerprint density at radius 2 is 2.38 bits per heavy atom. The molecule has 3 rings (SSSR count). The third kappa shape index (κ3) is 3.13. The number of halogens is 1. The monoisotopic (exact) mass is 304 g/mol. The Bertz CT molecular complexity index is 642. The fourth-order valence-electron chi connectivity index (χ4n) is 2.76. The molecule has 5 heteroatoms. The van der Waals surface area contributed by atoms with Gasteiger partial charge in [0.25, 0.3) is 5.91 Å². The molecule has 1 saturated heterocycles. The molecule has 2 heterocycles. The molecule has 0 aliphatic carbocycles. The van der Waals surface area contributed by atoms with Crippen molar-refractivity contribution in [2.45, 2.75) is 19.8 Å². The van der Waals surface area contributed by atoms with Crippen LogP contribution in [0.5, 0.6) is 0 Å². The van der Waals surface area contributed by atoms with Crippen molar-refractivity contribution in [3.8, 4) is 0 Å². The number of aryl methyl sites for hydroxylation is 1. The summed E-state index contributed by atoms with van der Waals surface area (Å²) in [6.07, 6.45) is 3.42. The minimum Gasteiger partial charge on any atom is -0.338 e. The van der Waals surface area contributed by atoms with Crippen LogP contribution in [0.4, 0.5) is 4.39 Å². The highest BCUT2D eigenvalue weighted by atomic mass is 32.1. The van der Waals surface area contributed by atoms with Gasteiger partial charge in [0, 0.05) is 13.1 Å². The molecule has 1 aliphatic heterocycles. The number of hydrogen-bond donors (Lipinski definition) is 0. The van der Waals surface area contributed by atoms with Crippen molar-refractivity contribution in [3.63, 3.8) is 0 Å². The number of thiazole rings is 1. The van der Waals surface area contributed by atoms with Gasteiger partial charge in [-0.1, -0.05) is 12.1 Å². The van der Waals surface area contributed by atoms with Crippen molar-refractivity contribution in [1.82, 2.24) is 9.88 Å². The summed E-state index contributed by atoms with van der Waals surface area (Å²) < 4.78 is 13.6. The van der Waals surface area contributed by atoms with Crippen LogP contribution in [-0.4, -0.2) is 28.9 Å². The first kappa shape index (κ1) is 14.2. The highest BCUT2D eigenvalue weighted by Crippen LogP contribution is 2.24. The minimum atomic E-state index is -0.150. The molecule has 0 N–H and O–H groups in total. The lowest BCUT2D eigenvalue weighted by molar-refractivity contribution is 0.0791. The van der Waals surface area contributed by atoms with E-state index in [0.717, 1.165) is 31.5 Å². The number of benzene rings is 1. The molecule has 1 amide bonds. The molecule has 0 radical (unpaired) electrons. The van der Waals surface area contributed by atoms with E-state index in [1.165, 1.54) is 11.3 Å². The van der Waals surface area contributed by atoms with Crippen LogP contribution >= 0.6 is 11.3 Å². The lowest BCUT2D eigenvalue weighted by Crippen LogP contribution is -2.28. The molecule has 1 atom stereocenters. The lowest BCUT2D eigenvalue weighted by atomic mass is 9.98. The number of nitrogens with zero attached hydrogens (tertiary/aromatic N) is 2. The first-order valence-electron chi connectivity index (χ1n) is 7.06. The number of likely N-dealkylation sites (tertiary alicyclic amines) is 1. The molecule has 0 saturated carbocycles. The van der Waals surface area contributed by atoms with Crippen molar-refractivity contribution >= 4 is 17.2 Å². The summed E-state index contributed by atoms with van der Waals surface area (Å²) in [6, 6.07) is 5.41. The van der Waals surface area contributed by atoms with E-state index < -0.39 is 0 Å². The number of carbonyl (C=O) groups is 1. The maximum Gasteiger partial charge on any atom is 0.265 e. The summed E-state index contributed by atoms with van der Waals surface area (Å²) >= 11 is 1.37. The molecular formula is C16H17FN2OS. The number of aromatic nitrogens is 1. The van der Waals surface area contributed by atoms with E-state index in [1.54, 1.807) is 24.7 Å². The van der Waals surface area contributed by atoms with Crippen LogP contribution in [-0.2, 0) is 6.42 Å². The van der Waals surface area contributed by atoms with Crippen molar-refractivity contribution < 1.29 is 9.18 Å². The maximum atomic E-state index is 13.6. The second-order valence-corrected chi connectivity index (χ2v) is 6.45. The standard InChI is InChI=1S/C16H17FN2OS/c1-11-2-3-12(7-14(11)17)6-13-4-5-19(9-13)16(20)15-8-18-10-21-15/h2-3,7-8,10,13H,4-6,9H2,1H3. The first-order valence-corrected chi connectivity index (χ1v) is 7.94. The van der Waals surface area contributed by atoms with E-state index in [-0.39, 0.29) is 11.7 Å². The highest BCUT2D eigenvalue weighted by Gasteiger charge is 2.27. The van der Waals surface area contributed by atoms with Crippen molar-refractivity contribution in [3.05, 3.63) is 51.7 Å². The largest absolute Gasteiger partial charge is 0.338 e. The summed E-state index contributed by atoms with van der Waals surface area (Å²) in [5.74, 6) is 0.321. The van der Waals surface area contributed by atoms with Crippen molar-refractivity contribution in [2.75, 3.05) is 13.1 Å². The Hall–Kier alpha value is -1.75. The zero-order valence-corrected chi connectivity index (χ0v) is 12.7. The first-order chi connectivity index (χ1) is 10.1. The molecule has 1 aromatic carbocycles. The molecule has 1 fully saturated rings. The fraction of sp³-hybridized carbons (Fsp3) is 0.375. The van der Waals surface area contributed by atoms with E-state index in [9.17, 15) is 9.18 Å². The summed E-state index contributed by atoms with van der Waals surface area (Å²) in [4.78, 5) is 18.8. The van der Waals surface area contributed by atoms with Crippen LogP contribution in [0.15, 0.2) is 29.9 Å². The van der Waals surface area contributed by atoms with Gasteiger partial charge in [0.15, 0.2) is 0 Å². The maximum absolute atomic E-state index is 13.6. The number of amides is 1. The van der Waals surface area contributed by atoms with Gasteiger partial charge in [0.2, 0.25) is 0 Å². The summed E-state index contributed by atoms with van der Waals surface area (Å²) in [5.41, 5.74) is 3.36. The molecule has 21 heavy (non-hydrogen) atoms. The Morgan fingerprint density at radius 1 is 1.52 bits per heavy atom. The predicted octanol–water partition coefficient (Wildman–Crippen LogP) is 3.30. The van der Waals surface area contributed by atoms with Gasteiger partial charge in [-0.15, -0.1) is 11.3 Å². The lowest BCUT2D eigenvalue weighted by Gasteiger charge is -2.15. The molecule has 3 nitrogen and oxygen atoms in total. The smallest absolute Gasteiger partial charge is 0.265 e. The number of carbonyl (C=O) groups excluding carboxylic acids is 1. The summed E-state index contributed by atoms with van der Waals surface area (Å²) in [6.45, 7) is 3.28. The summed E-state index contributed by atoms with van der Waals surface area (Å²) in [5, 5.41) is 0. The van der Waals surface area contributed by atoms with Gasteiger partial charge >= 0.3 is 0 Å². The van der Waals surface area contributed by atoms with E-state index >= 15 is 0 Å². The molecular weight excluding hydrogens is 287 g/mol. The van der Waals surface area contributed by atoms with Crippen LogP contribution in [0.1, 0.15) is 27.2 Å². The van der Waals surface area contributed by atoms with Crippen molar-refractivity contribution in [1.29, 1.82) is 0 Å².